The van der Waals surface area contributed by atoms with Crippen LogP contribution in [0, 0.1) is 12.8 Å². The molecular formula is C23H22ClN3O2S. The van der Waals surface area contributed by atoms with E-state index in [1.54, 1.807) is 17.0 Å². The Kier molecular flexibility index (Phi) is 6.16. The van der Waals surface area contributed by atoms with Crippen molar-refractivity contribution in [1.82, 2.24) is 9.88 Å². The summed E-state index contributed by atoms with van der Waals surface area (Å²) in [5.41, 5.74) is 3.16. The quantitative estimate of drug-likeness (QED) is 0.602. The van der Waals surface area contributed by atoms with Crippen molar-refractivity contribution in [3.63, 3.8) is 0 Å². The molecule has 2 amide bonds. The van der Waals surface area contributed by atoms with Crippen LogP contribution in [0.15, 0.2) is 54.0 Å². The van der Waals surface area contributed by atoms with Gasteiger partial charge < -0.3 is 10.2 Å². The average molecular weight is 440 g/mol. The van der Waals surface area contributed by atoms with Crippen molar-refractivity contribution < 1.29 is 9.59 Å². The number of thiophene rings is 1. The maximum atomic E-state index is 13.3. The number of likely N-dealkylation sites (tertiary alicyclic amines) is 1. The number of pyridine rings is 1. The zero-order chi connectivity index (χ0) is 21.1. The number of nitrogens with zero attached hydrogens (tertiary/aromatic N) is 2. The van der Waals surface area contributed by atoms with Crippen molar-refractivity contribution in [2.45, 2.75) is 19.8 Å². The van der Waals surface area contributed by atoms with E-state index in [-0.39, 0.29) is 17.7 Å². The second-order valence-electron chi connectivity index (χ2n) is 7.47. The molecule has 3 aromatic rings. The fourth-order valence-electron chi connectivity index (χ4n) is 3.63. The van der Waals surface area contributed by atoms with Gasteiger partial charge in [-0.2, -0.15) is 0 Å². The number of amides is 2. The van der Waals surface area contributed by atoms with Crippen LogP contribution in [0.5, 0.6) is 0 Å². The zero-order valence-electron chi connectivity index (χ0n) is 16.6. The van der Waals surface area contributed by atoms with E-state index >= 15 is 0 Å². The monoisotopic (exact) mass is 439 g/mol. The molecular weight excluding hydrogens is 418 g/mol. The number of piperidine rings is 1. The van der Waals surface area contributed by atoms with Crippen molar-refractivity contribution in [2.24, 2.45) is 5.92 Å². The van der Waals surface area contributed by atoms with Crippen LogP contribution in [0.3, 0.4) is 0 Å². The minimum Gasteiger partial charge on any atom is -0.337 e. The summed E-state index contributed by atoms with van der Waals surface area (Å²) in [6.45, 7) is 3.11. The Labute approximate surface area is 184 Å². The van der Waals surface area contributed by atoms with Crippen LogP contribution in [0.2, 0.25) is 5.02 Å². The molecule has 30 heavy (non-hydrogen) atoms. The number of halogens is 1. The molecule has 1 aliphatic rings. The van der Waals surface area contributed by atoms with Crippen LogP contribution in [-0.2, 0) is 4.79 Å². The maximum absolute atomic E-state index is 13.3. The summed E-state index contributed by atoms with van der Waals surface area (Å²) in [5.74, 6) is 0.0747. The molecule has 1 N–H and O–H groups in total. The lowest BCUT2D eigenvalue weighted by Crippen LogP contribution is -2.43. The van der Waals surface area contributed by atoms with Crippen LogP contribution in [-0.4, -0.2) is 34.8 Å². The van der Waals surface area contributed by atoms with Gasteiger partial charge in [0.1, 0.15) is 5.82 Å². The molecule has 154 valence electrons. The SMILES string of the molecule is Cc1ccc(-c2ccsc2C(=O)N2CCCC(C(=O)Nc3ccc(Cl)cn3)C2)cc1. The zero-order valence-corrected chi connectivity index (χ0v) is 18.2. The first-order valence-electron chi connectivity index (χ1n) is 9.87. The standard InChI is InChI=1S/C23H22ClN3O2S/c1-15-4-6-16(7-5-15)19-10-12-30-21(19)23(29)27-11-2-3-17(14-27)22(28)26-20-9-8-18(24)13-25-20/h4-10,12-13,17H,2-3,11,14H2,1H3,(H,25,26,28). The van der Waals surface area contributed by atoms with Gasteiger partial charge in [0, 0.05) is 24.8 Å². The van der Waals surface area contributed by atoms with E-state index in [9.17, 15) is 9.59 Å². The minimum atomic E-state index is -0.261. The molecule has 1 atom stereocenters. The molecule has 4 rings (SSSR count). The predicted molar refractivity (Wildman–Crippen MR) is 121 cm³/mol. The summed E-state index contributed by atoms with van der Waals surface area (Å²) in [6.07, 6.45) is 3.04. The third kappa shape index (κ3) is 4.55. The Hall–Kier alpha value is -2.70. The molecule has 3 heterocycles. The molecule has 1 aromatic carbocycles. The molecule has 0 bridgehead atoms. The van der Waals surface area contributed by atoms with E-state index in [2.05, 4.69) is 10.3 Å². The molecule has 7 heteroatoms. The Morgan fingerprint density at radius 3 is 2.70 bits per heavy atom. The number of nitrogens with one attached hydrogen (secondary N) is 1. The van der Waals surface area contributed by atoms with E-state index in [1.165, 1.54) is 23.1 Å². The summed E-state index contributed by atoms with van der Waals surface area (Å²) in [4.78, 5) is 32.6. The van der Waals surface area contributed by atoms with Gasteiger partial charge >= 0.3 is 0 Å². The molecule has 1 aliphatic heterocycles. The number of aryl methyl sites for hydroxylation is 1. The van der Waals surface area contributed by atoms with Crippen LogP contribution in [0.25, 0.3) is 11.1 Å². The molecule has 0 aliphatic carbocycles. The molecule has 1 fully saturated rings. The predicted octanol–water partition coefficient (Wildman–Crippen LogP) is 5.26. The Morgan fingerprint density at radius 1 is 1.17 bits per heavy atom. The summed E-state index contributed by atoms with van der Waals surface area (Å²) in [6, 6.07) is 13.5. The Balaban J connectivity index is 1.46. The van der Waals surface area contributed by atoms with Gasteiger partial charge in [-0.3, -0.25) is 9.59 Å². The molecule has 0 radical (unpaired) electrons. The number of benzene rings is 1. The Bertz CT molecular complexity index is 1050. The lowest BCUT2D eigenvalue weighted by Gasteiger charge is -2.32. The van der Waals surface area contributed by atoms with Gasteiger partial charge in [0.05, 0.1) is 15.8 Å². The van der Waals surface area contributed by atoms with Crippen LogP contribution in [0.4, 0.5) is 5.82 Å². The van der Waals surface area contributed by atoms with Crippen molar-refractivity contribution in [2.75, 3.05) is 18.4 Å². The first kappa shape index (κ1) is 20.6. The molecule has 5 nitrogen and oxygen atoms in total. The molecule has 0 saturated carbocycles. The molecule has 1 saturated heterocycles. The second kappa shape index (κ2) is 8.98. The van der Waals surface area contributed by atoms with Crippen LogP contribution in [0.1, 0.15) is 28.1 Å². The third-order valence-electron chi connectivity index (χ3n) is 5.28. The second-order valence-corrected chi connectivity index (χ2v) is 8.82. The average Bonchev–Trinajstić information content (AvgIpc) is 3.25. The lowest BCUT2D eigenvalue weighted by molar-refractivity contribution is -0.121. The van der Waals surface area contributed by atoms with Crippen molar-refractivity contribution >= 4 is 40.6 Å². The smallest absolute Gasteiger partial charge is 0.264 e. The van der Waals surface area contributed by atoms with Gasteiger partial charge in [0.25, 0.3) is 5.91 Å². The van der Waals surface area contributed by atoms with E-state index < -0.39 is 0 Å². The topological polar surface area (TPSA) is 62.3 Å². The first-order chi connectivity index (χ1) is 14.5. The number of hydrogen-bond donors (Lipinski definition) is 1. The highest BCUT2D eigenvalue weighted by atomic mass is 35.5. The summed E-state index contributed by atoms with van der Waals surface area (Å²) in [7, 11) is 0. The third-order valence-corrected chi connectivity index (χ3v) is 6.41. The van der Waals surface area contributed by atoms with E-state index in [1.807, 2.05) is 42.6 Å². The summed E-state index contributed by atoms with van der Waals surface area (Å²) < 4.78 is 0. The van der Waals surface area contributed by atoms with Crippen molar-refractivity contribution in [1.29, 1.82) is 0 Å². The molecule has 0 spiro atoms. The highest BCUT2D eigenvalue weighted by molar-refractivity contribution is 7.12. The van der Waals surface area contributed by atoms with Gasteiger partial charge in [-0.05, 0) is 48.9 Å². The highest BCUT2D eigenvalue weighted by Gasteiger charge is 2.30. The fourth-order valence-corrected chi connectivity index (χ4v) is 4.63. The number of aromatic nitrogens is 1. The fraction of sp³-hybridized carbons (Fsp3) is 0.261. The molecule has 1 unspecified atom stereocenters. The van der Waals surface area contributed by atoms with Gasteiger partial charge in [-0.25, -0.2) is 4.98 Å². The number of anilines is 1. The van der Waals surface area contributed by atoms with Crippen LogP contribution < -0.4 is 5.32 Å². The van der Waals surface area contributed by atoms with Gasteiger partial charge in [-0.15, -0.1) is 11.3 Å². The number of carbonyl (C=O) groups is 2. The first-order valence-corrected chi connectivity index (χ1v) is 11.1. The van der Waals surface area contributed by atoms with E-state index in [4.69, 9.17) is 11.6 Å². The summed E-state index contributed by atoms with van der Waals surface area (Å²) >= 11 is 7.30. The Morgan fingerprint density at radius 2 is 1.97 bits per heavy atom. The van der Waals surface area contributed by atoms with Crippen molar-refractivity contribution in [3.8, 4) is 11.1 Å². The molecule has 2 aromatic heterocycles. The normalized spacial score (nSPS) is 16.3. The van der Waals surface area contributed by atoms with Crippen molar-refractivity contribution in [3.05, 3.63) is 69.5 Å². The number of hydrogen-bond acceptors (Lipinski definition) is 4. The lowest BCUT2D eigenvalue weighted by atomic mass is 9.96. The number of carbonyl (C=O) groups excluding carboxylic acids is 2. The van der Waals surface area contributed by atoms with Crippen LogP contribution >= 0.6 is 22.9 Å². The van der Waals surface area contributed by atoms with Gasteiger partial charge in [0.15, 0.2) is 0 Å². The minimum absolute atomic E-state index is 0.0114. The largest absolute Gasteiger partial charge is 0.337 e. The van der Waals surface area contributed by atoms with E-state index in [0.29, 0.717) is 23.9 Å². The van der Waals surface area contributed by atoms with Gasteiger partial charge in [-0.1, -0.05) is 41.4 Å². The maximum Gasteiger partial charge on any atom is 0.264 e. The summed E-state index contributed by atoms with van der Waals surface area (Å²) in [5, 5.41) is 5.30. The van der Waals surface area contributed by atoms with Gasteiger partial charge in [0.2, 0.25) is 5.91 Å². The highest BCUT2D eigenvalue weighted by Crippen LogP contribution is 2.31. The van der Waals surface area contributed by atoms with E-state index in [0.717, 1.165) is 28.8 Å². The number of rotatable bonds is 4.